The van der Waals surface area contributed by atoms with Crippen LogP contribution in [0.5, 0.6) is 5.75 Å². The highest BCUT2D eigenvalue weighted by molar-refractivity contribution is 5.90. The molecule has 4 rings (SSSR count). The summed E-state index contributed by atoms with van der Waals surface area (Å²) in [5, 5.41) is 4.49. The van der Waals surface area contributed by atoms with Crippen molar-refractivity contribution in [2.45, 2.75) is 27.7 Å². The fourth-order valence-electron chi connectivity index (χ4n) is 3.50. The highest BCUT2D eigenvalue weighted by atomic mass is 16.5. The molecule has 2 aromatic carbocycles. The van der Waals surface area contributed by atoms with Gasteiger partial charge in [-0.2, -0.15) is 0 Å². The summed E-state index contributed by atoms with van der Waals surface area (Å²) in [5.74, 6) is 1.41. The van der Waals surface area contributed by atoms with Crippen molar-refractivity contribution in [2.75, 3.05) is 12.4 Å². The molecule has 2 aromatic heterocycles. The van der Waals surface area contributed by atoms with Crippen molar-refractivity contribution in [3.05, 3.63) is 57.0 Å². The largest absolute Gasteiger partial charge is 0.496 e. The third-order valence-electron chi connectivity index (χ3n) is 4.79. The van der Waals surface area contributed by atoms with Gasteiger partial charge in [-0.3, -0.25) is 15.1 Å². The maximum Gasteiger partial charge on any atom is 0.260 e. The van der Waals surface area contributed by atoms with Crippen molar-refractivity contribution in [3.63, 3.8) is 0 Å². The molecule has 0 saturated carbocycles. The molecule has 0 aliphatic carbocycles. The van der Waals surface area contributed by atoms with E-state index in [1.165, 1.54) is 0 Å². The van der Waals surface area contributed by atoms with Crippen LogP contribution >= 0.6 is 0 Å². The number of hydrogen-bond acceptors (Lipinski definition) is 6. The summed E-state index contributed by atoms with van der Waals surface area (Å²) in [6.07, 6.45) is 0. The summed E-state index contributed by atoms with van der Waals surface area (Å²) in [7, 11) is 1.63. The molecular weight excluding hydrogens is 354 g/mol. The second-order valence-electron chi connectivity index (χ2n) is 6.96. The zero-order chi connectivity index (χ0) is 20.0. The smallest absolute Gasteiger partial charge is 0.260 e. The van der Waals surface area contributed by atoms with Crippen LogP contribution in [-0.2, 0) is 0 Å². The van der Waals surface area contributed by atoms with Crippen molar-refractivity contribution in [1.29, 1.82) is 0 Å². The summed E-state index contributed by atoms with van der Waals surface area (Å²) < 4.78 is 5.45. The van der Waals surface area contributed by atoms with Gasteiger partial charge in [0, 0.05) is 0 Å². The Balaban J connectivity index is 1.84. The van der Waals surface area contributed by atoms with E-state index in [1.54, 1.807) is 7.11 Å². The average Bonchev–Trinajstić information content (AvgIpc) is 2.64. The molecule has 4 aromatic rings. The molecule has 142 valence electrons. The molecule has 2 heterocycles. The lowest BCUT2D eigenvalue weighted by molar-refractivity contribution is 0.419. The van der Waals surface area contributed by atoms with Gasteiger partial charge in [0.05, 0.1) is 34.6 Å². The van der Waals surface area contributed by atoms with E-state index < -0.39 is 0 Å². The molecule has 0 saturated heterocycles. The molecule has 0 radical (unpaired) electrons. The van der Waals surface area contributed by atoms with Gasteiger partial charge in [0.1, 0.15) is 5.75 Å². The first-order valence-electron chi connectivity index (χ1n) is 8.97. The quantitative estimate of drug-likeness (QED) is 0.565. The number of benzene rings is 2. The van der Waals surface area contributed by atoms with Crippen LogP contribution in [0.3, 0.4) is 0 Å². The minimum Gasteiger partial charge on any atom is -0.496 e. The minimum absolute atomic E-state index is 0.199. The lowest BCUT2D eigenvalue weighted by Crippen LogP contribution is -2.13. The van der Waals surface area contributed by atoms with Crippen LogP contribution in [0.1, 0.15) is 22.4 Å². The first-order valence-corrected chi connectivity index (χ1v) is 8.97. The molecule has 2 N–H and O–H groups in total. The van der Waals surface area contributed by atoms with E-state index in [2.05, 4.69) is 25.3 Å². The van der Waals surface area contributed by atoms with Crippen molar-refractivity contribution in [2.24, 2.45) is 0 Å². The van der Waals surface area contributed by atoms with Crippen LogP contribution in [0.25, 0.3) is 21.8 Å². The van der Waals surface area contributed by atoms with Gasteiger partial charge < -0.3 is 4.74 Å². The Kier molecular flexibility index (Phi) is 4.22. The van der Waals surface area contributed by atoms with E-state index >= 15 is 0 Å². The molecule has 0 aliphatic rings. The zero-order valence-electron chi connectivity index (χ0n) is 16.5. The van der Waals surface area contributed by atoms with E-state index in [4.69, 9.17) is 4.74 Å². The van der Waals surface area contributed by atoms with E-state index in [0.717, 1.165) is 39.0 Å². The number of nitrogens with zero attached hydrogens (tertiary/aromatic N) is 3. The number of aryl methyl sites for hydroxylation is 4. The van der Waals surface area contributed by atoms with Crippen molar-refractivity contribution >= 4 is 33.7 Å². The topological polar surface area (TPSA) is 92.8 Å². The molecule has 0 aliphatic heterocycles. The van der Waals surface area contributed by atoms with Crippen LogP contribution in [0, 0.1) is 27.7 Å². The number of H-pyrrole nitrogens is 1. The van der Waals surface area contributed by atoms with Crippen LogP contribution in [-0.4, -0.2) is 27.0 Å². The molecule has 0 fully saturated rings. The molecule has 0 spiro atoms. The maximum absolute atomic E-state index is 12.5. The Morgan fingerprint density at radius 2 is 1.75 bits per heavy atom. The third kappa shape index (κ3) is 2.94. The summed E-state index contributed by atoms with van der Waals surface area (Å²) in [4.78, 5) is 29.0. The summed E-state index contributed by atoms with van der Waals surface area (Å²) in [5.41, 5.74) is 5.01. The molecule has 0 bridgehead atoms. The number of aromatic amines is 1. The van der Waals surface area contributed by atoms with Crippen molar-refractivity contribution in [1.82, 2.24) is 19.9 Å². The second-order valence-corrected chi connectivity index (χ2v) is 6.96. The lowest BCUT2D eigenvalue weighted by atomic mass is 10.1. The highest BCUT2D eigenvalue weighted by Gasteiger charge is 2.13. The molecule has 0 unspecified atom stereocenters. The predicted molar refractivity (Wildman–Crippen MR) is 111 cm³/mol. The first kappa shape index (κ1) is 17.9. The lowest BCUT2D eigenvalue weighted by Gasteiger charge is -2.12. The number of fused-ring (bicyclic) bond motifs is 2. The first-order chi connectivity index (χ1) is 13.4. The fourth-order valence-corrected chi connectivity index (χ4v) is 3.50. The molecular formula is C21H21N5O2. The summed E-state index contributed by atoms with van der Waals surface area (Å²) >= 11 is 0. The summed E-state index contributed by atoms with van der Waals surface area (Å²) in [6.45, 7) is 7.79. The van der Waals surface area contributed by atoms with Crippen LogP contribution in [0.15, 0.2) is 29.1 Å². The SMILES string of the molecule is COc1ccc(C)c2nc(Nc3nc4c(C)cc(C)cc4c(=O)[nH]3)nc(C)c12. The fraction of sp³-hybridized carbons (Fsp3) is 0.238. The van der Waals surface area contributed by atoms with Gasteiger partial charge in [-0.05, 0) is 56.5 Å². The molecule has 0 amide bonds. The van der Waals surface area contributed by atoms with E-state index in [-0.39, 0.29) is 5.56 Å². The monoisotopic (exact) mass is 375 g/mol. The van der Waals surface area contributed by atoms with Crippen LogP contribution in [0.4, 0.5) is 11.9 Å². The third-order valence-corrected chi connectivity index (χ3v) is 4.79. The van der Waals surface area contributed by atoms with Gasteiger partial charge in [-0.1, -0.05) is 12.1 Å². The van der Waals surface area contributed by atoms with Crippen molar-refractivity contribution < 1.29 is 4.74 Å². The Bertz CT molecular complexity index is 1290. The van der Waals surface area contributed by atoms with Crippen molar-refractivity contribution in [3.8, 4) is 5.75 Å². The number of hydrogen-bond donors (Lipinski definition) is 2. The van der Waals surface area contributed by atoms with Gasteiger partial charge in [-0.15, -0.1) is 0 Å². The van der Waals surface area contributed by atoms with Gasteiger partial charge in [0.2, 0.25) is 11.9 Å². The number of anilines is 2. The number of aromatic nitrogens is 4. The van der Waals surface area contributed by atoms with Gasteiger partial charge in [-0.25, -0.2) is 15.0 Å². The Labute approximate surface area is 161 Å². The standard InChI is InChI=1S/C21H21N5O2/c1-10-8-12(3)17-14(9-10)19(27)25-21(23-17)26-20-22-13(4)16-15(28-5)7-6-11(2)18(16)24-20/h6-9H,1-5H3,(H2,22,23,24,25,26,27). The summed E-state index contributed by atoms with van der Waals surface area (Å²) in [6, 6.07) is 7.71. The van der Waals surface area contributed by atoms with Gasteiger partial charge in [0.15, 0.2) is 0 Å². The van der Waals surface area contributed by atoms with Crippen LogP contribution in [0.2, 0.25) is 0 Å². The molecule has 7 heteroatoms. The normalized spacial score (nSPS) is 11.2. The predicted octanol–water partition coefficient (Wildman–Crippen LogP) is 3.85. The van der Waals surface area contributed by atoms with Gasteiger partial charge >= 0.3 is 0 Å². The second kappa shape index (κ2) is 6.60. The number of rotatable bonds is 3. The Hall–Kier alpha value is -3.48. The molecule has 7 nitrogen and oxygen atoms in total. The molecule has 0 atom stereocenters. The minimum atomic E-state index is -0.199. The number of nitrogens with one attached hydrogen (secondary N) is 2. The van der Waals surface area contributed by atoms with E-state index in [1.807, 2.05) is 52.0 Å². The Morgan fingerprint density at radius 3 is 2.50 bits per heavy atom. The molecule has 28 heavy (non-hydrogen) atoms. The highest BCUT2D eigenvalue weighted by Crippen LogP contribution is 2.30. The van der Waals surface area contributed by atoms with Gasteiger partial charge in [0.25, 0.3) is 5.56 Å². The van der Waals surface area contributed by atoms with E-state index in [0.29, 0.717) is 22.8 Å². The number of ether oxygens (including phenoxy) is 1. The van der Waals surface area contributed by atoms with E-state index in [9.17, 15) is 4.79 Å². The zero-order valence-corrected chi connectivity index (χ0v) is 16.5. The maximum atomic E-state index is 12.5. The van der Waals surface area contributed by atoms with Crippen LogP contribution < -0.4 is 15.6 Å². The number of methoxy groups -OCH3 is 1. The average molecular weight is 375 g/mol. The Morgan fingerprint density at radius 1 is 0.964 bits per heavy atom.